The lowest BCUT2D eigenvalue weighted by molar-refractivity contribution is -0.121. The number of benzene rings is 1. The number of carbonyl (C=O) groups is 2. The first-order valence-electron chi connectivity index (χ1n) is 8.45. The van der Waals surface area contributed by atoms with Crippen molar-refractivity contribution in [2.24, 2.45) is 0 Å². The van der Waals surface area contributed by atoms with Gasteiger partial charge in [-0.3, -0.25) is 9.59 Å². The van der Waals surface area contributed by atoms with Gasteiger partial charge in [0.15, 0.2) is 0 Å². The van der Waals surface area contributed by atoms with E-state index >= 15 is 0 Å². The molecule has 7 heteroatoms. The maximum atomic E-state index is 12.3. The lowest BCUT2D eigenvalue weighted by Crippen LogP contribution is -2.31. The molecule has 2 aromatic rings. The fourth-order valence-electron chi connectivity index (χ4n) is 2.94. The third-order valence-corrected chi connectivity index (χ3v) is 6.25. The number of nitrogens with zero attached hydrogens (tertiary/aromatic N) is 1. The molecule has 2 amide bonds. The molecule has 27 heavy (non-hydrogen) atoms. The molecule has 0 spiro atoms. The van der Waals surface area contributed by atoms with Crippen LogP contribution < -0.4 is 10.6 Å². The minimum absolute atomic E-state index is 0.116. The number of hydrogen-bond donors (Lipinski definition) is 2. The average molecular weight is 398 g/mol. The Morgan fingerprint density at radius 1 is 1.41 bits per heavy atom. The van der Waals surface area contributed by atoms with E-state index in [9.17, 15) is 14.9 Å². The molecular weight excluding hydrogens is 378 g/mol. The van der Waals surface area contributed by atoms with Gasteiger partial charge in [0.25, 0.3) is 0 Å². The minimum Gasteiger partial charge on any atom is -0.325 e. The molecule has 0 fully saturated rings. The van der Waals surface area contributed by atoms with Crippen LogP contribution >= 0.6 is 23.1 Å². The van der Waals surface area contributed by atoms with Crippen LogP contribution in [0.25, 0.3) is 0 Å². The number of anilines is 1. The van der Waals surface area contributed by atoms with Gasteiger partial charge < -0.3 is 10.6 Å². The van der Waals surface area contributed by atoms with Crippen LogP contribution in [0.3, 0.4) is 0 Å². The summed E-state index contributed by atoms with van der Waals surface area (Å²) in [5, 5.41) is 17.7. The second-order valence-corrected chi connectivity index (χ2v) is 8.30. The fraction of sp³-hybridized carbons (Fsp3) is 0.250. The highest BCUT2D eigenvalue weighted by Crippen LogP contribution is 2.37. The van der Waals surface area contributed by atoms with E-state index in [1.807, 2.05) is 49.6 Å². The summed E-state index contributed by atoms with van der Waals surface area (Å²) in [4.78, 5) is 25.4. The number of rotatable bonds is 5. The Bertz CT molecular complexity index is 943. The summed E-state index contributed by atoms with van der Waals surface area (Å²) in [5.41, 5.74) is 3.41. The summed E-state index contributed by atoms with van der Waals surface area (Å²) in [6, 6.07) is 11.9. The van der Waals surface area contributed by atoms with Gasteiger partial charge in [0.05, 0.1) is 22.4 Å². The first-order chi connectivity index (χ1) is 13.0. The summed E-state index contributed by atoms with van der Waals surface area (Å²) in [6.45, 7) is 3.94. The number of nitriles is 1. The zero-order valence-electron chi connectivity index (χ0n) is 15.0. The van der Waals surface area contributed by atoms with Crippen LogP contribution in [-0.2, 0) is 9.59 Å². The number of thiophene rings is 1. The van der Waals surface area contributed by atoms with E-state index in [1.165, 1.54) is 23.1 Å². The smallest absolute Gasteiger partial charge is 0.234 e. The van der Waals surface area contributed by atoms with Gasteiger partial charge in [-0.05, 0) is 36.9 Å². The predicted octanol–water partition coefficient (Wildman–Crippen LogP) is 4.08. The Hall–Kier alpha value is -2.56. The fourth-order valence-corrected chi connectivity index (χ4v) is 4.66. The van der Waals surface area contributed by atoms with Crippen molar-refractivity contribution in [1.82, 2.24) is 5.32 Å². The van der Waals surface area contributed by atoms with E-state index < -0.39 is 0 Å². The van der Waals surface area contributed by atoms with Gasteiger partial charge >= 0.3 is 0 Å². The molecule has 0 bridgehead atoms. The van der Waals surface area contributed by atoms with Gasteiger partial charge in [0.2, 0.25) is 11.8 Å². The van der Waals surface area contributed by atoms with Crippen LogP contribution in [-0.4, -0.2) is 17.6 Å². The van der Waals surface area contributed by atoms with Crippen molar-refractivity contribution in [3.63, 3.8) is 0 Å². The first-order valence-corrected chi connectivity index (χ1v) is 10.3. The van der Waals surface area contributed by atoms with E-state index in [0.29, 0.717) is 10.6 Å². The van der Waals surface area contributed by atoms with Gasteiger partial charge in [-0.15, -0.1) is 11.3 Å². The first kappa shape index (κ1) is 19.2. The zero-order valence-corrected chi connectivity index (χ0v) is 16.7. The molecule has 138 valence electrons. The lowest BCUT2D eigenvalue weighted by atomic mass is 9.93. The predicted molar refractivity (Wildman–Crippen MR) is 109 cm³/mol. The molecular formula is C20H19N3O2S2. The van der Waals surface area contributed by atoms with E-state index in [4.69, 9.17) is 0 Å². The standard InChI is InChI=1S/C20H19N3O2S2/c1-12-5-6-16(13(2)8-12)22-19(25)11-27-20-15(10-21)14(9-18(24)23-20)17-4-3-7-26-17/h3-8,14H,9,11H2,1-2H3,(H,22,25)(H,23,24)/t14-/m1/s1. The van der Waals surface area contributed by atoms with Gasteiger partial charge in [-0.2, -0.15) is 5.26 Å². The Morgan fingerprint density at radius 3 is 2.89 bits per heavy atom. The molecule has 0 unspecified atom stereocenters. The van der Waals surface area contributed by atoms with Crippen LogP contribution in [0.15, 0.2) is 46.3 Å². The van der Waals surface area contributed by atoms with Crippen LogP contribution in [0.5, 0.6) is 0 Å². The van der Waals surface area contributed by atoms with Gasteiger partial charge in [0.1, 0.15) is 0 Å². The van der Waals surface area contributed by atoms with Gasteiger partial charge in [-0.1, -0.05) is 35.5 Å². The van der Waals surface area contributed by atoms with Crippen LogP contribution in [0, 0.1) is 25.2 Å². The van der Waals surface area contributed by atoms with Crippen molar-refractivity contribution < 1.29 is 9.59 Å². The van der Waals surface area contributed by atoms with E-state index in [1.54, 1.807) is 0 Å². The summed E-state index contributed by atoms with van der Waals surface area (Å²) in [6.07, 6.45) is 0.252. The molecule has 5 nitrogen and oxygen atoms in total. The number of hydrogen-bond acceptors (Lipinski definition) is 5. The highest BCUT2D eigenvalue weighted by atomic mass is 32.2. The molecule has 0 radical (unpaired) electrons. The minimum atomic E-state index is -0.242. The second kappa shape index (κ2) is 8.42. The molecule has 1 atom stereocenters. The summed E-state index contributed by atoms with van der Waals surface area (Å²) >= 11 is 2.72. The number of nitrogens with one attached hydrogen (secondary N) is 2. The molecule has 3 rings (SSSR count). The van der Waals surface area contributed by atoms with Crippen molar-refractivity contribution in [2.75, 3.05) is 11.1 Å². The number of thioether (sulfide) groups is 1. The highest BCUT2D eigenvalue weighted by Gasteiger charge is 2.30. The average Bonchev–Trinajstić information content (AvgIpc) is 3.16. The summed E-state index contributed by atoms with van der Waals surface area (Å²) in [5.74, 6) is -0.437. The summed E-state index contributed by atoms with van der Waals surface area (Å²) in [7, 11) is 0. The number of carbonyl (C=O) groups excluding carboxylic acids is 2. The van der Waals surface area contributed by atoms with Crippen molar-refractivity contribution in [1.29, 1.82) is 5.26 Å². The van der Waals surface area contributed by atoms with E-state index in [2.05, 4.69) is 16.7 Å². The van der Waals surface area contributed by atoms with Crippen molar-refractivity contribution >= 4 is 40.6 Å². The third kappa shape index (κ3) is 4.59. The largest absolute Gasteiger partial charge is 0.325 e. The Labute approximate surface area is 166 Å². The lowest BCUT2D eigenvalue weighted by Gasteiger charge is -2.23. The molecule has 1 aliphatic rings. The Balaban J connectivity index is 1.72. The van der Waals surface area contributed by atoms with E-state index in [0.717, 1.165) is 21.7 Å². The van der Waals surface area contributed by atoms with Gasteiger partial charge in [-0.25, -0.2) is 0 Å². The summed E-state index contributed by atoms with van der Waals surface area (Å²) < 4.78 is 0. The van der Waals surface area contributed by atoms with Crippen molar-refractivity contribution in [3.8, 4) is 6.07 Å². The molecule has 0 saturated heterocycles. The molecule has 2 N–H and O–H groups in total. The quantitative estimate of drug-likeness (QED) is 0.797. The molecule has 1 aliphatic heterocycles. The van der Waals surface area contributed by atoms with E-state index in [-0.39, 0.29) is 29.9 Å². The molecule has 0 aliphatic carbocycles. The zero-order chi connectivity index (χ0) is 19.4. The highest BCUT2D eigenvalue weighted by molar-refractivity contribution is 8.03. The van der Waals surface area contributed by atoms with Crippen LogP contribution in [0.4, 0.5) is 5.69 Å². The molecule has 1 aromatic heterocycles. The SMILES string of the molecule is Cc1ccc(NC(=O)CSC2=C(C#N)[C@H](c3cccs3)CC(=O)N2)c(C)c1. The maximum absolute atomic E-state index is 12.3. The maximum Gasteiger partial charge on any atom is 0.234 e. The normalized spacial score (nSPS) is 16.6. The molecule has 2 heterocycles. The third-order valence-electron chi connectivity index (χ3n) is 4.25. The Kier molecular flexibility index (Phi) is 5.99. The van der Waals surface area contributed by atoms with Crippen LogP contribution in [0.1, 0.15) is 28.3 Å². The number of aryl methyl sites for hydroxylation is 2. The van der Waals surface area contributed by atoms with Gasteiger partial charge in [0, 0.05) is 22.9 Å². The van der Waals surface area contributed by atoms with Crippen LogP contribution in [0.2, 0.25) is 0 Å². The monoisotopic (exact) mass is 397 g/mol. The molecule has 0 saturated carbocycles. The number of amides is 2. The number of allylic oxidation sites excluding steroid dienone is 1. The Morgan fingerprint density at radius 2 is 2.22 bits per heavy atom. The topological polar surface area (TPSA) is 82.0 Å². The van der Waals surface area contributed by atoms with Crippen molar-refractivity contribution in [2.45, 2.75) is 26.2 Å². The second-order valence-electron chi connectivity index (χ2n) is 6.33. The van der Waals surface area contributed by atoms with Crippen molar-refractivity contribution in [3.05, 3.63) is 62.3 Å². The molecule has 1 aromatic carbocycles.